The van der Waals surface area contributed by atoms with Crippen LogP contribution in [0.1, 0.15) is 22.3 Å². The second-order valence-electron chi connectivity index (χ2n) is 8.23. The van der Waals surface area contributed by atoms with Crippen LogP contribution in [0, 0.1) is 12.7 Å². The molecule has 0 amide bonds. The lowest BCUT2D eigenvalue weighted by molar-refractivity contribution is 0.0698. The number of carboxylic acids is 1. The van der Waals surface area contributed by atoms with Crippen molar-refractivity contribution >= 4 is 43.9 Å². The minimum absolute atomic E-state index is 0.0264. The van der Waals surface area contributed by atoms with Gasteiger partial charge in [-0.15, -0.1) is 11.3 Å². The molecule has 3 aromatic heterocycles. The SMILES string of the molecule is CCOc1cc(-c2cc(N(CCn3c(C)cc4c(OC)ccc(F)c43)S(C)(=O)=O)ccn2)sc1C(=O)O. The summed E-state index contributed by atoms with van der Waals surface area (Å²) >= 11 is 0.996. The number of hydrogen-bond acceptors (Lipinski definition) is 7. The average molecular weight is 548 g/mol. The molecule has 3 heterocycles. The summed E-state index contributed by atoms with van der Waals surface area (Å²) in [6, 6.07) is 9.41. The average Bonchev–Trinajstić information content (AvgIpc) is 3.41. The predicted octanol–water partition coefficient (Wildman–Crippen LogP) is 4.78. The molecule has 1 aromatic carbocycles. The highest BCUT2D eigenvalue weighted by Gasteiger charge is 2.22. The van der Waals surface area contributed by atoms with Gasteiger partial charge in [-0.3, -0.25) is 9.29 Å². The highest BCUT2D eigenvalue weighted by molar-refractivity contribution is 7.92. The number of fused-ring (bicyclic) bond motifs is 1. The third-order valence-electron chi connectivity index (χ3n) is 5.80. The van der Waals surface area contributed by atoms with Gasteiger partial charge in [0.2, 0.25) is 10.0 Å². The number of carbonyl (C=O) groups is 1. The van der Waals surface area contributed by atoms with E-state index in [0.717, 1.165) is 23.3 Å². The summed E-state index contributed by atoms with van der Waals surface area (Å²) in [6.07, 6.45) is 2.56. The van der Waals surface area contributed by atoms with Crippen molar-refractivity contribution in [2.45, 2.75) is 20.4 Å². The summed E-state index contributed by atoms with van der Waals surface area (Å²) in [5, 5.41) is 10.1. The lowest BCUT2D eigenvalue weighted by Crippen LogP contribution is -2.33. The molecule has 0 radical (unpaired) electrons. The van der Waals surface area contributed by atoms with Crippen LogP contribution in [0.2, 0.25) is 0 Å². The van der Waals surface area contributed by atoms with Crippen LogP contribution in [0.4, 0.5) is 10.1 Å². The molecule has 9 nitrogen and oxygen atoms in total. The number of anilines is 1. The van der Waals surface area contributed by atoms with Crippen LogP contribution >= 0.6 is 11.3 Å². The number of aryl methyl sites for hydroxylation is 1. The molecule has 0 aliphatic carbocycles. The van der Waals surface area contributed by atoms with Gasteiger partial charge in [0.25, 0.3) is 0 Å². The van der Waals surface area contributed by atoms with E-state index in [2.05, 4.69) is 4.98 Å². The Bertz CT molecular complexity index is 1580. The summed E-state index contributed by atoms with van der Waals surface area (Å²) < 4.78 is 54.1. The second kappa shape index (κ2) is 10.4. The van der Waals surface area contributed by atoms with Crippen LogP contribution in [0.5, 0.6) is 11.5 Å². The predicted molar refractivity (Wildman–Crippen MR) is 141 cm³/mol. The molecular weight excluding hydrogens is 521 g/mol. The summed E-state index contributed by atoms with van der Waals surface area (Å²) in [4.78, 5) is 16.5. The fraction of sp³-hybridized carbons (Fsp3) is 0.280. The van der Waals surface area contributed by atoms with E-state index in [1.165, 1.54) is 23.7 Å². The summed E-state index contributed by atoms with van der Waals surface area (Å²) in [5.41, 5.74) is 1.85. The highest BCUT2D eigenvalue weighted by Crippen LogP contribution is 2.37. The molecule has 0 aliphatic rings. The van der Waals surface area contributed by atoms with Gasteiger partial charge in [-0.1, -0.05) is 0 Å². The van der Waals surface area contributed by atoms with Gasteiger partial charge in [0, 0.05) is 29.9 Å². The number of aromatic nitrogens is 2. The fourth-order valence-corrected chi connectivity index (χ4v) is 6.02. The smallest absolute Gasteiger partial charge is 0.349 e. The summed E-state index contributed by atoms with van der Waals surface area (Å²) in [7, 11) is -2.22. The quantitative estimate of drug-likeness (QED) is 0.304. The molecule has 0 aliphatic heterocycles. The van der Waals surface area contributed by atoms with Gasteiger partial charge in [-0.05, 0) is 44.2 Å². The molecular formula is C25H26FN3O6S2. The Morgan fingerprint density at radius 2 is 1.97 bits per heavy atom. The van der Waals surface area contributed by atoms with Crippen LogP contribution < -0.4 is 13.8 Å². The van der Waals surface area contributed by atoms with Gasteiger partial charge in [0.15, 0.2) is 4.88 Å². The van der Waals surface area contributed by atoms with Crippen molar-refractivity contribution in [3.05, 3.63) is 59.0 Å². The molecule has 196 valence electrons. The Kier molecular flexibility index (Phi) is 7.42. The van der Waals surface area contributed by atoms with E-state index in [1.807, 2.05) is 6.92 Å². The molecule has 12 heteroatoms. The molecule has 4 aromatic rings. The van der Waals surface area contributed by atoms with Gasteiger partial charge < -0.3 is 19.1 Å². The van der Waals surface area contributed by atoms with E-state index in [4.69, 9.17) is 9.47 Å². The molecule has 0 saturated carbocycles. The van der Waals surface area contributed by atoms with Crippen molar-refractivity contribution in [2.24, 2.45) is 0 Å². The topological polar surface area (TPSA) is 111 Å². The van der Waals surface area contributed by atoms with Crippen molar-refractivity contribution < 1.29 is 32.2 Å². The standard InChI is InChI=1S/C25H26FN3O6S2/c1-5-35-21-14-22(36-24(21)25(30)31)19-13-16(8-9-27-19)29(37(4,32)33)11-10-28-15(2)12-17-20(34-3)7-6-18(26)23(17)28/h6-9,12-14H,5,10-11H2,1-4H3,(H,30,31). The Labute approximate surface area is 217 Å². The number of benzene rings is 1. The maximum atomic E-state index is 14.8. The third kappa shape index (κ3) is 5.25. The number of sulfonamides is 1. The highest BCUT2D eigenvalue weighted by atomic mass is 32.2. The first kappa shape index (κ1) is 26.4. The molecule has 4 rings (SSSR count). The first-order valence-electron chi connectivity index (χ1n) is 11.3. The van der Waals surface area contributed by atoms with E-state index in [1.54, 1.807) is 41.8 Å². The van der Waals surface area contributed by atoms with E-state index in [9.17, 15) is 22.7 Å². The van der Waals surface area contributed by atoms with Gasteiger partial charge >= 0.3 is 5.97 Å². The first-order chi connectivity index (χ1) is 17.5. The molecule has 0 spiro atoms. The Balaban J connectivity index is 1.70. The molecule has 0 bridgehead atoms. The number of nitrogens with zero attached hydrogens (tertiary/aromatic N) is 3. The monoisotopic (exact) mass is 547 g/mol. The lowest BCUT2D eigenvalue weighted by atomic mass is 10.2. The van der Waals surface area contributed by atoms with E-state index >= 15 is 0 Å². The number of methoxy groups -OCH3 is 1. The van der Waals surface area contributed by atoms with Crippen LogP contribution in [0.15, 0.2) is 42.6 Å². The normalized spacial score (nSPS) is 11.6. The first-order valence-corrected chi connectivity index (χ1v) is 14.0. The van der Waals surface area contributed by atoms with E-state index in [-0.39, 0.29) is 23.7 Å². The number of aromatic carboxylic acids is 1. The van der Waals surface area contributed by atoms with Gasteiger partial charge in [-0.25, -0.2) is 17.6 Å². The Hall–Kier alpha value is -3.64. The minimum atomic E-state index is -3.73. The molecule has 0 fully saturated rings. The Morgan fingerprint density at radius 3 is 2.62 bits per heavy atom. The maximum Gasteiger partial charge on any atom is 0.349 e. The zero-order valence-corrected chi connectivity index (χ0v) is 22.3. The number of halogens is 1. The Morgan fingerprint density at radius 1 is 1.22 bits per heavy atom. The summed E-state index contributed by atoms with van der Waals surface area (Å²) in [5.74, 6) is -0.792. The molecule has 0 unspecified atom stereocenters. The number of carboxylic acid groups (broad SMARTS) is 1. The fourth-order valence-electron chi connectivity index (χ4n) is 4.20. The van der Waals surface area contributed by atoms with Crippen LogP contribution in [0.25, 0.3) is 21.5 Å². The van der Waals surface area contributed by atoms with Crippen LogP contribution in [-0.2, 0) is 16.6 Å². The van der Waals surface area contributed by atoms with Gasteiger partial charge in [0.1, 0.15) is 17.3 Å². The molecule has 0 atom stereocenters. The maximum absolute atomic E-state index is 14.8. The van der Waals surface area contributed by atoms with Crippen molar-refractivity contribution in [3.8, 4) is 22.1 Å². The molecule has 1 N–H and O–H groups in total. The largest absolute Gasteiger partial charge is 0.496 e. The van der Waals surface area contributed by atoms with E-state index < -0.39 is 21.8 Å². The van der Waals surface area contributed by atoms with E-state index in [0.29, 0.717) is 39.5 Å². The number of pyridine rings is 1. The lowest BCUT2D eigenvalue weighted by Gasteiger charge is -2.23. The number of ether oxygens (including phenoxy) is 2. The van der Waals surface area contributed by atoms with Crippen LogP contribution in [0.3, 0.4) is 0 Å². The summed E-state index contributed by atoms with van der Waals surface area (Å²) in [6.45, 7) is 4.08. The zero-order valence-electron chi connectivity index (χ0n) is 20.7. The molecule has 37 heavy (non-hydrogen) atoms. The van der Waals surface area contributed by atoms with Gasteiger partial charge in [0.05, 0.1) is 48.3 Å². The minimum Gasteiger partial charge on any atom is -0.496 e. The third-order valence-corrected chi connectivity index (χ3v) is 8.12. The number of thiophene rings is 1. The van der Waals surface area contributed by atoms with Crippen molar-refractivity contribution in [1.82, 2.24) is 9.55 Å². The second-order valence-corrected chi connectivity index (χ2v) is 11.2. The van der Waals surface area contributed by atoms with Gasteiger partial charge in [-0.2, -0.15) is 0 Å². The van der Waals surface area contributed by atoms with Crippen molar-refractivity contribution in [2.75, 3.05) is 30.8 Å². The number of hydrogen-bond donors (Lipinski definition) is 1. The zero-order chi connectivity index (χ0) is 26.9. The van der Waals surface area contributed by atoms with Crippen molar-refractivity contribution in [3.63, 3.8) is 0 Å². The molecule has 0 saturated heterocycles. The number of rotatable bonds is 10. The van der Waals surface area contributed by atoms with Crippen molar-refractivity contribution in [1.29, 1.82) is 0 Å². The van der Waals surface area contributed by atoms with Crippen LogP contribution in [-0.4, -0.2) is 55.6 Å².